The zero-order valence-electron chi connectivity index (χ0n) is 14.0. The maximum absolute atomic E-state index is 12.0. The minimum absolute atomic E-state index is 0.343. The van der Waals surface area contributed by atoms with E-state index in [1.165, 1.54) is 6.08 Å². The molecule has 1 N–H and O–H groups in total. The molecule has 0 atom stereocenters. The van der Waals surface area contributed by atoms with Gasteiger partial charge in [-0.25, -0.2) is 0 Å². The quantitative estimate of drug-likeness (QED) is 0.629. The molecule has 1 aromatic heterocycles. The molecule has 1 amide bonds. The SMILES string of the molecule is Cc1ccc(-c2ccc(/C=C/C(=O)Nc3ccccc3C#N)o2)cc1Cl. The molecular formula is C21H15ClN2O2. The van der Waals surface area contributed by atoms with E-state index in [1.54, 1.807) is 36.4 Å². The van der Waals surface area contributed by atoms with E-state index in [4.69, 9.17) is 21.3 Å². The number of furan rings is 1. The number of carbonyl (C=O) groups is 1. The minimum Gasteiger partial charge on any atom is -0.457 e. The lowest BCUT2D eigenvalue weighted by molar-refractivity contribution is -0.111. The highest BCUT2D eigenvalue weighted by Gasteiger charge is 2.06. The molecule has 0 bridgehead atoms. The van der Waals surface area contributed by atoms with Crippen molar-refractivity contribution in [3.8, 4) is 17.4 Å². The van der Waals surface area contributed by atoms with E-state index < -0.39 is 0 Å². The lowest BCUT2D eigenvalue weighted by atomic mass is 10.1. The van der Waals surface area contributed by atoms with E-state index in [2.05, 4.69) is 5.32 Å². The number of aryl methyl sites for hydroxylation is 1. The van der Waals surface area contributed by atoms with Crippen molar-refractivity contribution >= 4 is 29.3 Å². The predicted molar refractivity (Wildman–Crippen MR) is 103 cm³/mol. The van der Waals surface area contributed by atoms with E-state index in [-0.39, 0.29) is 5.91 Å². The highest BCUT2D eigenvalue weighted by molar-refractivity contribution is 6.31. The molecule has 4 nitrogen and oxygen atoms in total. The molecule has 0 aliphatic rings. The number of benzene rings is 2. The maximum atomic E-state index is 12.0. The van der Waals surface area contributed by atoms with Crippen molar-refractivity contribution in [1.82, 2.24) is 0 Å². The van der Waals surface area contributed by atoms with Crippen LogP contribution < -0.4 is 5.32 Å². The van der Waals surface area contributed by atoms with Crippen LogP contribution in [0.2, 0.25) is 5.02 Å². The largest absolute Gasteiger partial charge is 0.457 e. The molecule has 2 aromatic carbocycles. The normalized spacial score (nSPS) is 10.7. The van der Waals surface area contributed by atoms with Crippen molar-refractivity contribution in [3.63, 3.8) is 0 Å². The highest BCUT2D eigenvalue weighted by atomic mass is 35.5. The van der Waals surface area contributed by atoms with Gasteiger partial charge in [0.2, 0.25) is 5.91 Å². The van der Waals surface area contributed by atoms with Crippen molar-refractivity contribution in [2.45, 2.75) is 6.92 Å². The molecule has 0 saturated carbocycles. The lowest BCUT2D eigenvalue weighted by Crippen LogP contribution is -2.08. The second-order valence-corrected chi connectivity index (χ2v) is 6.05. The van der Waals surface area contributed by atoms with Crippen LogP contribution in [0.15, 0.2) is 65.1 Å². The molecular weight excluding hydrogens is 348 g/mol. The second-order valence-electron chi connectivity index (χ2n) is 5.65. The number of hydrogen-bond acceptors (Lipinski definition) is 3. The second kappa shape index (κ2) is 7.73. The van der Waals surface area contributed by atoms with Crippen LogP contribution in [0.1, 0.15) is 16.9 Å². The average molecular weight is 363 g/mol. The number of para-hydroxylation sites is 1. The van der Waals surface area contributed by atoms with Gasteiger partial charge < -0.3 is 9.73 Å². The van der Waals surface area contributed by atoms with E-state index in [1.807, 2.05) is 37.3 Å². The third-order valence-electron chi connectivity index (χ3n) is 3.79. The Kier molecular flexibility index (Phi) is 5.21. The van der Waals surface area contributed by atoms with Crippen molar-refractivity contribution in [2.24, 2.45) is 0 Å². The van der Waals surface area contributed by atoms with Crippen molar-refractivity contribution in [1.29, 1.82) is 5.26 Å². The first-order chi connectivity index (χ1) is 12.6. The summed E-state index contributed by atoms with van der Waals surface area (Å²) in [4.78, 5) is 12.0. The van der Waals surface area contributed by atoms with Gasteiger partial charge in [0.1, 0.15) is 17.6 Å². The summed E-state index contributed by atoms with van der Waals surface area (Å²) in [6, 6.07) is 18.1. The Balaban J connectivity index is 1.71. The predicted octanol–water partition coefficient (Wildman–Crippen LogP) is 5.43. The smallest absolute Gasteiger partial charge is 0.248 e. The number of carbonyl (C=O) groups excluding carboxylic acids is 1. The summed E-state index contributed by atoms with van der Waals surface area (Å²) in [6.45, 7) is 1.94. The highest BCUT2D eigenvalue weighted by Crippen LogP contribution is 2.27. The van der Waals surface area contributed by atoms with Crippen LogP contribution in [-0.4, -0.2) is 5.91 Å². The fraction of sp³-hybridized carbons (Fsp3) is 0.0476. The maximum Gasteiger partial charge on any atom is 0.248 e. The molecule has 0 fully saturated rings. The topological polar surface area (TPSA) is 66.0 Å². The summed E-state index contributed by atoms with van der Waals surface area (Å²) in [7, 11) is 0. The molecule has 0 aliphatic carbocycles. The number of hydrogen-bond donors (Lipinski definition) is 1. The van der Waals surface area contributed by atoms with Crippen molar-refractivity contribution in [2.75, 3.05) is 5.32 Å². The van der Waals surface area contributed by atoms with Gasteiger partial charge in [0.05, 0.1) is 11.3 Å². The number of halogens is 1. The van der Waals surface area contributed by atoms with Crippen LogP contribution in [0.4, 0.5) is 5.69 Å². The van der Waals surface area contributed by atoms with Crippen LogP contribution in [0.25, 0.3) is 17.4 Å². The monoisotopic (exact) mass is 362 g/mol. The summed E-state index contributed by atoms with van der Waals surface area (Å²) in [5, 5.41) is 12.4. The Morgan fingerprint density at radius 3 is 2.77 bits per heavy atom. The first-order valence-corrected chi connectivity index (χ1v) is 8.29. The Morgan fingerprint density at radius 1 is 1.19 bits per heavy atom. The first-order valence-electron chi connectivity index (χ1n) is 7.91. The fourth-order valence-corrected chi connectivity index (χ4v) is 2.55. The molecule has 0 radical (unpaired) electrons. The van der Waals surface area contributed by atoms with E-state index in [0.29, 0.717) is 27.8 Å². The zero-order valence-corrected chi connectivity index (χ0v) is 14.7. The summed E-state index contributed by atoms with van der Waals surface area (Å²) >= 11 is 6.14. The van der Waals surface area contributed by atoms with Crippen molar-refractivity contribution < 1.29 is 9.21 Å². The van der Waals surface area contributed by atoms with Gasteiger partial charge in [-0.15, -0.1) is 0 Å². The number of rotatable bonds is 4. The van der Waals surface area contributed by atoms with Crippen LogP contribution >= 0.6 is 11.6 Å². The summed E-state index contributed by atoms with van der Waals surface area (Å²) in [5.74, 6) is 0.867. The van der Waals surface area contributed by atoms with Gasteiger partial charge >= 0.3 is 0 Å². The van der Waals surface area contributed by atoms with E-state index in [9.17, 15) is 4.79 Å². The van der Waals surface area contributed by atoms with Crippen LogP contribution in [0, 0.1) is 18.3 Å². The number of nitrogens with one attached hydrogen (secondary N) is 1. The van der Waals surface area contributed by atoms with Gasteiger partial charge in [0, 0.05) is 16.7 Å². The molecule has 5 heteroatoms. The Morgan fingerprint density at radius 2 is 2.00 bits per heavy atom. The molecule has 0 saturated heterocycles. The fourth-order valence-electron chi connectivity index (χ4n) is 2.37. The summed E-state index contributed by atoms with van der Waals surface area (Å²) < 4.78 is 5.73. The molecule has 1 heterocycles. The molecule has 26 heavy (non-hydrogen) atoms. The van der Waals surface area contributed by atoms with E-state index in [0.717, 1.165) is 11.1 Å². The Labute approximate surface area is 156 Å². The van der Waals surface area contributed by atoms with Crippen LogP contribution in [0.3, 0.4) is 0 Å². The van der Waals surface area contributed by atoms with Crippen LogP contribution in [0.5, 0.6) is 0 Å². The van der Waals surface area contributed by atoms with Gasteiger partial charge in [0.25, 0.3) is 0 Å². The third-order valence-corrected chi connectivity index (χ3v) is 4.19. The molecule has 0 aliphatic heterocycles. The summed E-state index contributed by atoms with van der Waals surface area (Å²) in [5.41, 5.74) is 2.74. The number of nitrogens with zero attached hydrogens (tertiary/aromatic N) is 1. The molecule has 128 valence electrons. The first kappa shape index (κ1) is 17.5. The van der Waals surface area contributed by atoms with Gasteiger partial charge in [0.15, 0.2) is 0 Å². The standard InChI is InChI=1S/C21H15ClN2O2/c1-14-6-7-15(12-18(14)22)20-10-8-17(26-20)9-11-21(25)24-19-5-3-2-4-16(19)13-23/h2-12H,1H3,(H,24,25)/b11-9+. The summed E-state index contributed by atoms with van der Waals surface area (Å²) in [6.07, 6.45) is 2.93. The molecule has 3 aromatic rings. The molecule has 0 unspecified atom stereocenters. The average Bonchev–Trinajstić information content (AvgIpc) is 3.12. The van der Waals surface area contributed by atoms with Gasteiger partial charge in [-0.05, 0) is 48.9 Å². The minimum atomic E-state index is -0.343. The number of anilines is 1. The van der Waals surface area contributed by atoms with Crippen molar-refractivity contribution in [3.05, 3.63) is 82.6 Å². The number of amides is 1. The van der Waals surface area contributed by atoms with E-state index >= 15 is 0 Å². The van der Waals surface area contributed by atoms with Gasteiger partial charge in [-0.3, -0.25) is 4.79 Å². The third kappa shape index (κ3) is 4.02. The Bertz CT molecular complexity index is 1030. The van der Waals surface area contributed by atoms with Crippen LogP contribution in [-0.2, 0) is 4.79 Å². The lowest BCUT2D eigenvalue weighted by Gasteiger charge is -2.03. The molecule has 3 rings (SSSR count). The number of nitriles is 1. The Hall–Kier alpha value is -3.29. The van der Waals surface area contributed by atoms with Gasteiger partial charge in [-0.1, -0.05) is 35.9 Å². The molecule has 0 spiro atoms. The van der Waals surface area contributed by atoms with Gasteiger partial charge in [-0.2, -0.15) is 5.26 Å². The zero-order chi connectivity index (χ0) is 18.5.